The van der Waals surface area contributed by atoms with Gasteiger partial charge in [0.25, 0.3) is 0 Å². The molecule has 0 fully saturated rings. The van der Waals surface area contributed by atoms with Gasteiger partial charge in [0.2, 0.25) is 0 Å². The Morgan fingerprint density at radius 2 is 0.775 bits per heavy atom. The van der Waals surface area contributed by atoms with Crippen molar-refractivity contribution in [1.82, 2.24) is 9.97 Å². The summed E-state index contributed by atoms with van der Waals surface area (Å²) in [5.41, 5.74) is 3.62. The highest BCUT2D eigenvalue weighted by Gasteiger charge is 2.20. The first-order chi connectivity index (χ1) is 19.7. The van der Waals surface area contributed by atoms with E-state index in [1.165, 1.54) is 128 Å². The Morgan fingerprint density at radius 3 is 1.07 bits per heavy atom. The topological polar surface area (TPSA) is 25.8 Å². The number of aryl methyl sites for hydroxylation is 2. The van der Waals surface area contributed by atoms with Crippen LogP contribution >= 0.6 is 22.7 Å². The summed E-state index contributed by atoms with van der Waals surface area (Å²) >= 11 is 3.46. The zero-order chi connectivity index (χ0) is 28.4. The van der Waals surface area contributed by atoms with Crippen molar-refractivity contribution < 1.29 is 0 Å². The summed E-state index contributed by atoms with van der Waals surface area (Å²) in [5, 5.41) is 2.32. The molecule has 0 radical (unpaired) electrons. The maximum Gasteiger partial charge on any atom is 0.1000 e. The lowest BCUT2D eigenvalue weighted by molar-refractivity contribution is 0.556. The Bertz CT molecular complexity index is 1070. The van der Waals surface area contributed by atoms with Gasteiger partial charge in [0.1, 0.15) is 0 Å². The number of rotatable bonds is 22. The number of aromatic nitrogens is 2. The molecule has 0 aliphatic rings. The number of terminal acetylenes is 2. The van der Waals surface area contributed by atoms with Crippen molar-refractivity contribution in [2.75, 3.05) is 0 Å². The molecule has 0 aliphatic heterocycles. The molecule has 0 aliphatic carbocycles. The van der Waals surface area contributed by atoms with Gasteiger partial charge in [-0.05, 0) is 25.7 Å². The van der Waals surface area contributed by atoms with Crippen LogP contribution in [0.3, 0.4) is 0 Å². The zero-order valence-corrected chi connectivity index (χ0v) is 27.1. The highest BCUT2D eigenvalue weighted by Crippen LogP contribution is 2.38. The minimum absolute atomic E-state index is 0.890. The molecular formula is C36H52N2S2. The average Bonchev–Trinajstić information content (AvgIpc) is 3.58. The smallest absolute Gasteiger partial charge is 0.1000 e. The molecule has 0 spiro atoms. The second-order valence-corrected chi connectivity index (χ2v) is 13.6. The van der Waals surface area contributed by atoms with Crippen LogP contribution in [0.15, 0.2) is 0 Å². The fourth-order valence-corrected chi connectivity index (χ4v) is 7.87. The molecule has 3 rings (SSSR count). The van der Waals surface area contributed by atoms with Gasteiger partial charge in [-0.3, -0.25) is 0 Å². The van der Waals surface area contributed by atoms with Crippen molar-refractivity contribution in [3.8, 4) is 24.7 Å². The summed E-state index contributed by atoms with van der Waals surface area (Å²) in [6.45, 7) is 4.56. The third-order valence-electron chi connectivity index (χ3n) is 8.05. The van der Waals surface area contributed by atoms with Crippen LogP contribution in [0.25, 0.3) is 20.4 Å². The molecule has 0 saturated carbocycles. The molecule has 2 aromatic heterocycles. The van der Waals surface area contributed by atoms with Crippen LogP contribution in [0, 0.1) is 24.7 Å². The lowest BCUT2D eigenvalue weighted by Gasteiger charge is -2.01. The van der Waals surface area contributed by atoms with Gasteiger partial charge in [-0.1, -0.05) is 141 Å². The molecule has 1 aromatic carbocycles. The fourth-order valence-electron chi connectivity index (χ4n) is 5.63. The van der Waals surface area contributed by atoms with Crippen molar-refractivity contribution in [3.05, 3.63) is 21.1 Å². The van der Waals surface area contributed by atoms with E-state index in [0.29, 0.717) is 0 Å². The van der Waals surface area contributed by atoms with E-state index in [-0.39, 0.29) is 0 Å². The quantitative estimate of drug-likeness (QED) is 0.0878. The molecule has 218 valence electrons. The second kappa shape index (κ2) is 19.3. The molecule has 0 saturated heterocycles. The summed E-state index contributed by atoms with van der Waals surface area (Å²) in [4.78, 5) is 10.0. The van der Waals surface area contributed by atoms with Crippen LogP contribution in [-0.4, -0.2) is 9.97 Å². The molecule has 0 N–H and O–H groups in total. The normalized spacial score (nSPS) is 11.4. The highest BCUT2D eigenvalue weighted by atomic mass is 32.1. The first-order valence-corrected chi connectivity index (χ1v) is 18.0. The van der Waals surface area contributed by atoms with Gasteiger partial charge in [0.05, 0.1) is 41.6 Å². The van der Waals surface area contributed by atoms with Gasteiger partial charge >= 0.3 is 0 Å². The van der Waals surface area contributed by atoms with E-state index in [1.807, 2.05) is 0 Å². The minimum atomic E-state index is 0.890. The van der Waals surface area contributed by atoms with Gasteiger partial charge in [-0.2, -0.15) is 0 Å². The molecule has 4 heteroatoms. The molecule has 2 heterocycles. The largest absolute Gasteiger partial charge is 0.240 e. The maximum absolute atomic E-state index is 6.05. The Kier molecular flexibility index (Phi) is 15.7. The van der Waals surface area contributed by atoms with Crippen LogP contribution in [-0.2, 0) is 12.8 Å². The van der Waals surface area contributed by atoms with Gasteiger partial charge < -0.3 is 0 Å². The van der Waals surface area contributed by atoms with Crippen molar-refractivity contribution in [2.45, 2.75) is 155 Å². The second-order valence-electron chi connectivity index (χ2n) is 11.5. The number of thiazole rings is 2. The molecule has 40 heavy (non-hydrogen) atoms. The number of unbranched alkanes of at least 4 members (excludes halogenated alkanes) is 18. The summed E-state index contributed by atoms with van der Waals surface area (Å²) in [6, 6.07) is 0. The summed E-state index contributed by atoms with van der Waals surface area (Å²) in [7, 11) is 0. The van der Waals surface area contributed by atoms with E-state index in [1.54, 1.807) is 22.7 Å². The number of fused-ring (bicyclic) bond motifs is 2. The summed E-state index contributed by atoms with van der Waals surface area (Å²) in [5.74, 6) is 5.91. The Hall–Kier alpha value is -1.88. The van der Waals surface area contributed by atoms with Crippen molar-refractivity contribution in [1.29, 1.82) is 0 Å². The fraction of sp³-hybridized carbons (Fsp3) is 0.667. The van der Waals surface area contributed by atoms with E-state index in [9.17, 15) is 0 Å². The number of nitrogens with zero attached hydrogens (tertiary/aromatic N) is 2. The Balaban J connectivity index is 1.50. The first-order valence-electron chi connectivity index (χ1n) is 16.4. The Morgan fingerprint density at radius 1 is 0.475 bits per heavy atom. The monoisotopic (exact) mass is 576 g/mol. The van der Waals surface area contributed by atoms with Gasteiger partial charge in [0, 0.05) is 0 Å². The van der Waals surface area contributed by atoms with Gasteiger partial charge in [-0.25, -0.2) is 9.97 Å². The maximum atomic E-state index is 6.05. The SMILES string of the molecule is C#Cc1c2nc(CCCCCCCCCCCC)sc2c(C#C)c2nc(CCCCCCCCCCCC)sc12. The zero-order valence-electron chi connectivity index (χ0n) is 25.4. The standard InChI is InChI=1S/C36H52N2S2/c1-5-9-11-13-15-17-19-21-23-25-27-31-37-33-29(7-3)36-34(30(8-4)35(33)39-31)38-32(40-36)28-26-24-22-20-18-16-14-12-10-6-2/h3-4H,5-6,9-28H2,1-2H3. The van der Waals surface area contributed by atoms with Crippen LogP contribution in [0.4, 0.5) is 0 Å². The van der Waals surface area contributed by atoms with E-state index in [2.05, 4.69) is 25.7 Å². The molecule has 0 unspecified atom stereocenters. The molecule has 0 atom stereocenters. The first kappa shape index (κ1) is 32.6. The van der Waals surface area contributed by atoms with Crippen molar-refractivity contribution in [2.24, 2.45) is 0 Å². The van der Waals surface area contributed by atoms with Gasteiger partial charge in [-0.15, -0.1) is 35.5 Å². The molecule has 3 aromatic rings. The number of benzene rings is 1. The Labute approximate surface area is 253 Å². The predicted molar refractivity (Wildman–Crippen MR) is 180 cm³/mol. The van der Waals surface area contributed by atoms with Crippen LogP contribution in [0.5, 0.6) is 0 Å². The number of hydrogen-bond acceptors (Lipinski definition) is 4. The lowest BCUT2D eigenvalue weighted by atomic mass is 10.1. The third kappa shape index (κ3) is 10.2. The minimum Gasteiger partial charge on any atom is -0.240 e. The van der Waals surface area contributed by atoms with E-state index >= 15 is 0 Å². The highest BCUT2D eigenvalue weighted by molar-refractivity contribution is 7.20. The average molecular weight is 577 g/mol. The summed E-state index contributed by atoms with van der Waals surface area (Å²) < 4.78 is 2.11. The molecule has 0 bridgehead atoms. The van der Waals surface area contributed by atoms with Gasteiger partial charge in [0.15, 0.2) is 0 Å². The van der Waals surface area contributed by atoms with Crippen LogP contribution in [0.2, 0.25) is 0 Å². The van der Waals surface area contributed by atoms with Crippen LogP contribution in [0.1, 0.15) is 163 Å². The van der Waals surface area contributed by atoms with E-state index in [0.717, 1.165) is 54.4 Å². The van der Waals surface area contributed by atoms with Crippen molar-refractivity contribution >= 4 is 43.1 Å². The molecular weight excluding hydrogens is 525 g/mol. The van der Waals surface area contributed by atoms with E-state index in [4.69, 9.17) is 22.8 Å². The summed E-state index contributed by atoms with van der Waals surface area (Å²) in [6.07, 6.45) is 41.0. The third-order valence-corrected chi connectivity index (χ3v) is 10.3. The number of hydrogen-bond donors (Lipinski definition) is 0. The molecule has 0 amide bonds. The van der Waals surface area contributed by atoms with Crippen LogP contribution < -0.4 is 0 Å². The molecule has 2 nitrogen and oxygen atoms in total. The lowest BCUT2D eigenvalue weighted by Crippen LogP contribution is -1.88. The van der Waals surface area contributed by atoms with Crippen molar-refractivity contribution in [3.63, 3.8) is 0 Å². The predicted octanol–water partition coefficient (Wildman–Crippen LogP) is 11.8. The van der Waals surface area contributed by atoms with E-state index < -0.39 is 0 Å².